The SMILES string of the molecule is CC(=[NH+]Cc1c2ccccc2cc2ccccc12)/C(Cl)=C(/C)[N-]Cc1c2ccccc2cc2ccccc12.CC(=[NH+]Cc1c2ccccc2cc2ccccc12)/C(Cl)=C(/C)[N-]Cc1c2ccccc2cc2ccccc12.[Mg+2]. The first-order valence-corrected chi connectivity index (χ1v) is 26.8. The maximum Gasteiger partial charge on any atom is 2.00 e. The second kappa shape index (κ2) is 23.8. The van der Waals surface area contributed by atoms with Crippen LogP contribution in [0.2, 0.25) is 0 Å². The summed E-state index contributed by atoms with van der Waals surface area (Å²) >= 11 is 13.7. The van der Waals surface area contributed by atoms with E-state index in [-0.39, 0.29) is 23.1 Å². The van der Waals surface area contributed by atoms with E-state index in [1.807, 2.05) is 27.7 Å². The largest absolute Gasteiger partial charge is 2.00 e. The van der Waals surface area contributed by atoms with Crippen molar-refractivity contribution >= 4 is 144 Å². The van der Waals surface area contributed by atoms with Gasteiger partial charge < -0.3 is 10.6 Å². The standard InChI is InChI=1S/2C35H28ClN2.Mg/c2*1-23(37-21-33-29-15-7-3-11-25(29)19-26-12-4-8-16-30(26)33)35(36)24(2)38-22-34-31-17-9-5-13-27(31)20-28-14-6-10-18-32(28)34;/h2*3-20H,21-22H2,1-2H3;/q2*-1;+2/p+2/b2*35-23+,38-24?;. The third kappa shape index (κ3) is 11.2. The predicted octanol–water partition coefficient (Wildman–Crippen LogP) is 16.4. The van der Waals surface area contributed by atoms with Gasteiger partial charge >= 0.3 is 23.1 Å². The van der Waals surface area contributed by atoms with Gasteiger partial charge in [-0.15, -0.1) is 24.5 Å². The Bertz CT molecular complexity index is 3830. The van der Waals surface area contributed by atoms with Crippen LogP contribution in [-0.4, -0.2) is 34.5 Å². The van der Waals surface area contributed by atoms with Gasteiger partial charge in [-0.05, 0) is 122 Å². The Hall–Kier alpha value is -7.51. The van der Waals surface area contributed by atoms with Gasteiger partial charge in [-0.3, -0.25) is 0 Å². The number of nitrogens with one attached hydrogen (secondary N) is 2. The zero-order valence-electron chi connectivity index (χ0n) is 44.0. The molecule has 0 aliphatic carbocycles. The fraction of sp³-hybridized carbons (Fsp3) is 0.114. The maximum absolute atomic E-state index is 6.87. The topological polar surface area (TPSA) is 56.1 Å². The number of fused-ring (bicyclic) bond motifs is 8. The minimum absolute atomic E-state index is 0. The molecule has 0 aliphatic rings. The Kier molecular flexibility index (Phi) is 16.4. The van der Waals surface area contributed by atoms with Crippen molar-refractivity contribution in [2.24, 2.45) is 0 Å². The van der Waals surface area contributed by atoms with E-state index in [1.165, 1.54) is 108 Å². The molecule has 7 heteroatoms. The first-order valence-electron chi connectivity index (χ1n) is 26.0. The number of halogens is 2. The average molecular weight is 1050 g/mol. The maximum atomic E-state index is 6.87. The summed E-state index contributed by atoms with van der Waals surface area (Å²) in [7, 11) is 0. The zero-order chi connectivity index (χ0) is 52.1. The van der Waals surface area contributed by atoms with Crippen molar-refractivity contribution < 1.29 is 9.98 Å². The first kappa shape index (κ1) is 52.9. The Morgan fingerprint density at radius 1 is 0.312 bits per heavy atom. The molecule has 0 heterocycles. The summed E-state index contributed by atoms with van der Waals surface area (Å²) in [6.07, 6.45) is 0. The van der Waals surface area contributed by atoms with Crippen molar-refractivity contribution in [3.63, 3.8) is 0 Å². The Labute approximate surface area is 477 Å². The van der Waals surface area contributed by atoms with Crippen LogP contribution in [-0.2, 0) is 26.2 Å². The molecule has 0 saturated heterocycles. The fourth-order valence-corrected chi connectivity index (χ4v) is 11.1. The van der Waals surface area contributed by atoms with Gasteiger partial charge in [0.15, 0.2) is 24.5 Å². The van der Waals surface area contributed by atoms with Crippen LogP contribution in [0.3, 0.4) is 0 Å². The van der Waals surface area contributed by atoms with Crippen LogP contribution in [0.1, 0.15) is 49.9 Å². The number of allylic oxidation sites excluding steroid dienone is 4. The Morgan fingerprint density at radius 3 is 0.727 bits per heavy atom. The summed E-state index contributed by atoms with van der Waals surface area (Å²) in [5, 5.41) is 31.1. The Morgan fingerprint density at radius 2 is 0.506 bits per heavy atom. The minimum atomic E-state index is 0. The van der Waals surface area contributed by atoms with Gasteiger partial charge in [0.2, 0.25) is 0 Å². The van der Waals surface area contributed by atoms with E-state index < -0.39 is 0 Å². The molecule has 12 aromatic carbocycles. The van der Waals surface area contributed by atoms with Gasteiger partial charge in [-0.25, -0.2) is 9.98 Å². The molecule has 0 radical (unpaired) electrons. The normalized spacial score (nSPS) is 12.7. The summed E-state index contributed by atoms with van der Waals surface area (Å²) in [6.45, 7) is 10.6. The van der Waals surface area contributed by atoms with Gasteiger partial charge in [0, 0.05) is 25.0 Å². The van der Waals surface area contributed by atoms with Crippen molar-refractivity contribution in [1.82, 2.24) is 0 Å². The van der Waals surface area contributed by atoms with E-state index in [4.69, 9.17) is 33.8 Å². The van der Waals surface area contributed by atoms with Gasteiger partial charge in [-0.1, -0.05) is 231 Å². The van der Waals surface area contributed by atoms with E-state index >= 15 is 0 Å². The Balaban J connectivity index is 0.000000172. The van der Waals surface area contributed by atoms with Crippen LogP contribution in [0.4, 0.5) is 0 Å². The van der Waals surface area contributed by atoms with Crippen LogP contribution in [0.15, 0.2) is 240 Å². The molecule has 372 valence electrons. The molecule has 0 spiro atoms. The molecule has 0 fully saturated rings. The summed E-state index contributed by atoms with van der Waals surface area (Å²) in [5.74, 6) is 0. The molecule has 12 aromatic rings. The summed E-state index contributed by atoms with van der Waals surface area (Å²) in [4.78, 5) is 7.18. The van der Waals surface area contributed by atoms with Crippen LogP contribution < -0.4 is 9.98 Å². The third-order valence-corrected chi connectivity index (χ3v) is 15.9. The quantitative estimate of drug-likeness (QED) is 0.0696. The van der Waals surface area contributed by atoms with E-state index in [0.29, 0.717) is 36.2 Å². The summed E-state index contributed by atoms with van der Waals surface area (Å²) < 4.78 is 0. The molecule has 0 saturated carbocycles. The van der Waals surface area contributed by atoms with E-state index in [2.05, 4.69) is 228 Å². The second-order valence-corrected chi connectivity index (χ2v) is 20.3. The van der Waals surface area contributed by atoms with Gasteiger partial charge in [-0.2, -0.15) is 0 Å². The van der Waals surface area contributed by atoms with Gasteiger partial charge in [0.1, 0.15) is 0 Å². The van der Waals surface area contributed by atoms with Gasteiger partial charge in [0.25, 0.3) is 0 Å². The van der Waals surface area contributed by atoms with Crippen molar-refractivity contribution in [1.29, 1.82) is 0 Å². The molecule has 0 aromatic heterocycles. The molecule has 0 amide bonds. The van der Waals surface area contributed by atoms with E-state index in [0.717, 1.165) is 22.8 Å². The number of nitrogens with zero attached hydrogens (tertiary/aromatic N) is 2. The number of hydrogen-bond donors (Lipinski definition) is 2. The molecule has 12 rings (SSSR count). The average Bonchev–Trinajstić information content (AvgIpc) is 3.46. The first-order chi connectivity index (χ1) is 37.2. The van der Waals surface area contributed by atoms with Crippen LogP contribution in [0.5, 0.6) is 0 Å². The molecular weight excluding hydrogens is 992 g/mol. The van der Waals surface area contributed by atoms with Crippen molar-refractivity contribution in [3.05, 3.63) is 273 Å². The predicted molar refractivity (Wildman–Crippen MR) is 333 cm³/mol. The van der Waals surface area contributed by atoms with Crippen molar-refractivity contribution in [3.8, 4) is 0 Å². The number of benzene rings is 12. The summed E-state index contributed by atoms with van der Waals surface area (Å²) in [6, 6.07) is 77.4. The van der Waals surface area contributed by atoms with Crippen LogP contribution >= 0.6 is 23.2 Å². The number of hydrogen-bond acceptors (Lipinski definition) is 0. The molecule has 2 N–H and O–H groups in total. The molecule has 4 nitrogen and oxygen atoms in total. The third-order valence-electron chi connectivity index (χ3n) is 14.8. The van der Waals surface area contributed by atoms with Crippen molar-refractivity contribution in [2.45, 2.75) is 53.9 Å². The van der Waals surface area contributed by atoms with Gasteiger partial charge in [0.05, 0.1) is 10.1 Å². The van der Waals surface area contributed by atoms with Crippen LogP contribution in [0, 0.1) is 0 Å². The van der Waals surface area contributed by atoms with E-state index in [1.54, 1.807) is 0 Å². The molecule has 0 unspecified atom stereocenters. The smallest absolute Gasteiger partial charge is 0.683 e. The van der Waals surface area contributed by atoms with Crippen molar-refractivity contribution in [2.75, 3.05) is 0 Å². The molecular formula is C70H58Cl2MgN4+2. The monoisotopic (exact) mass is 1050 g/mol. The second-order valence-electron chi connectivity index (χ2n) is 19.6. The van der Waals surface area contributed by atoms with Crippen LogP contribution in [0.25, 0.3) is 96.8 Å². The minimum Gasteiger partial charge on any atom is -0.683 e. The van der Waals surface area contributed by atoms with E-state index in [9.17, 15) is 0 Å². The zero-order valence-corrected chi connectivity index (χ0v) is 46.9. The molecule has 0 bridgehead atoms. The number of rotatable bonds is 12. The molecule has 0 aliphatic heterocycles. The summed E-state index contributed by atoms with van der Waals surface area (Å²) in [5.41, 5.74) is 8.53. The molecule has 77 heavy (non-hydrogen) atoms. The fourth-order valence-electron chi connectivity index (χ4n) is 10.8. The molecule has 0 atom stereocenters.